The van der Waals surface area contributed by atoms with Crippen LogP contribution in [0, 0.1) is 0 Å². The highest BCUT2D eigenvalue weighted by Crippen LogP contribution is 2.08. The van der Waals surface area contributed by atoms with Crippen LogP contribution in [0.3, 0.4) is 0 Å². The molecular formula is C27H36N4O2. The molecule has 0 heterocycles. The number of hydrazone groups is 2. The molecule has 0 fully saturated rings. The summed E-state index contributed by atoms with van der Waals surface area (Å²) in [4.78, 5) is 24.0. The van der Waals surface area contributed by atoms with Crippen LogP contribution in [-0.4, -0.2) is 23.2 Å². The smallest absolute Gasteiger partial charge is 0.240 e. The molecule has 0 aliphatic carbocycles. The van der Waals surface area contributed by atoms with Crippen molar-refractivity contribution < 1.29 is 9.59 Å². The number of aryl methyl sites for hydroxylation is 2. The Balaban J connectivity index is 1.62. The molecular weight excluding hydrogens is 412 g/mol. The van der Waals surface area contributed by atoms with Crippen LogP contribution in [0.2, 0.25) is 0 Å². The maximum absolute atomic E-state index is 12.0. The molecule has 0 unspecified atom stereocenters. The fourth-order valence-electron chi connectivity index (χ4n) is 3.24. The Morgan fingerprint density at radius 1 is 0.636 bits per heavy atom. The van der Waals surface area contributed by atoms with E-state index in [1.165, 1.54) is 11.1 Å². The van der Waals surface area contributed by atoms with Gasteiger partial charge in [-0.15, -0.1) is 0 Å². The summed E-state index contributed by atoms with van der Waals surface area (Å²) in [7, 11) is 0. The molecule has 0 radical (unpaired) electrons. The molecule has 6 heteroatoms. The summed E-state index contributed by atoms with van der Waals surface area (Å²) in [6.45, 7) is 7.99. The van der Waals surface area contributed by atoms with Gasteiger partial charge in [0.15, 0.2) is 0 Å². The van der Waals surface area contributed by atoms with E-state index in [0.29, 0.717) is 25.7 Å². The van der Waals surface area contributed by atoms with Crippen molar-refractivity contribution in [3.05, 3.63) is 70.8 Å². The van der Waals surface area contributed by atoms with Crippen LogP contribution in [-0.2, 0) is 22.4 Å². The number of hydrogen-bond donors (Lipinski definition) is 2. The van der Waals surface area contributed by atoms with E-state index < -0.39 is 0 Å². The zero-order chi connectivity index (χ0) is 24.1. The zero-order valence-electron chi connectivity index (χ0n) is 20.3. The van der Waals surface area contributed by atoms with Crippen LogP contribution < -0.4 is 10.9 Å². The third-order valence-corrected chi connectivity index (χ3v) is 5.56. The van der Waals surface area contributed by atoms with Gasteiger partial charge in [0.25, 0.3) is 0 Å². The Morgan fingerprint density at radius 3 is 1.33 bits per heavy atom. The van der Waals surface area contributed by atoms with Crippen LogP contribution in [0.1, 0.15) is 82.1 Å². The number of hydrogen-bond acceptors (Lipinski definition) is 4. The molecule has 0 spiro atoms. The summed E-state index contributed by atoms with van der Waals surface area (Å²) in [5.74, 6) is -0.225. The van der Waals surface area contributed by atoms with Gasteiger partial charge in [0.05, 0.1) is 11.4 Å². The average molecular weight is 449 g/mol. The second-order valence-corrected chi connectivity index (χ2v) is 8.13. The molecule has 33 heavy (non-hydrogen) atoms. The average Bonchev–Trinajstić information content (AvgIpc) is 2.85. The molecule has 2 aromatic carbocycles. The molecule has 0 saturated carbocycles. The third kappa shape index (κ3) is 9.39. The maximum atomic E-state index is 12.0. The van der Waals surface area contributed by atoms with Crippen LogP contribution >= 0.6 is 0 Å². The Labute approximate surface area is 197 Å². The van der Waals surface area contributed by atoms with E-state index >= 15 is 0 Å². The fraction of sp³-hybridized carbons (Fsp3) is 0.407. The van der Waals surface area contributed by atoms with E-state index in [9.17, 15) is 9.59 Å². The lowest BCUT2D eigenvalue weighted by Crippen LogP contribution is -2.19. The van der Waals surface area contributed by atoms with Gasteiger partial charge in [0.2, 0.25) is 11.8 Å². The molecule has 2 aromatic rings. The number of carbonyl (C=O) groups excluding carboxylic acids is 2. The molecule has 176 valence electrons. The minimum atomic E-state index is -0.113. The van der Waals surface area contributed by atoms with Crippen LogP contribution in [0.15, 0.2) is 58.7 Å². The van der Waals surface area contributed by atoms with Crippen molar-refractivity contribution in [2.24, 2.45) is 10.2 Å². The molecule has 2 amide bonds. The van der Waals surface area contributed by atoms with Gasteiger partial charge in [0, 0.05) is 12.8 Å². The Hall–Kier alpha value is -3.28. The number of nitrogens with one attached hydrogen (secondary N) is 2. The summed E-state index contributed by atoms with van der Waals surface area (Å²) >= 11 is 0. The van der Waals surface area contributed by atoms with Crippen molar-refractivity contribution in [1.82, 2.24) is 10.9 Å². The molecule has 2 rings (SSSR count). The van der Waals surface area contributed by atoms with E-state index in [2.05, 4.69) is 59.2 Å². The Morgan fingerprint density at radius 2 is 1.00 bits per heavy atom. The highest BCUT2D eigenvalue weighted by Gasteiger charge is 2.05. The first-order valence-corrected chi connectivity index (χ1v) is 11.8. The van der Waals surface area contributed by atoms with Crippen molar-refractivity contribution in [2.45, 2.75) is 72.6 Å². The van der Waals surface area contributed by atoms with Crippen molar-refractivity contribution in [3.8, 4) is 0 Å². The number of carbonyl (C=O) groups is 2. The molecule has 0 aliphatic rings. The van der Waals surface area contributed by atoms with E-state index in [0.717, 1.165) is 41.8 Å². The largest absolute Gasteiger partial charge is 0.273 e. The van der Waals surface area contributed by atoms with Crippen molar-refractivity contribution >= 4 is 23.2 Å². The normalized spacial score (nSPS) is 11.9. The van der Waals surface area contributed by atoms with Gasteiger partial charge < -0.3 is 0 Å². The van der Waals surface area contributed by atoms with Gasteiger partial charge in [-0.2, -0.15) is 10.2 Å². The molecule has 0 atom stereocenters. The second kappa shape index (κ2) is 14.0. The summed E-state index contributed by atoms with van der Waals surface area (Å²) in [5, 5.41) is 8.38. The van der Waals surface area contributed by atoms with E-state index in [-0.39, 0.29) is 11.8 Å². The third-order valence-electron chi connectivity index (χ3n) is 5.56. The van der Waals surface area contributed by atoms with Crippen molar-refractivity contribution in [1.29, 1.82) is 0 Å². The SMILES string of the molecule is CCc1ccc(/C(C)=N/NC(=O)CCCCCC(=O)N/N=C(\C)c2ccc(CC)cc2)cc1. The van der Waals surface area contributed by atoms with Gasteiger partial charge >= 0.3 is 0 Å². The molecule has 6 nitrogen and oxygen atoms in total. The van der Waals surface area contributed by atoms with Gasteiger partial charge in [-0.3, -0.25) is 9.59 Å². The standard InChI is InChI=1S/C27H36N4O2/c1-5-22-12-16-24(17-13-22)20(3)28-30-26(32)10-8-7-9-11-27(33)31-29-21(4)25-18-14-23(6-2)15-19-25/h12-19H,5-11H2,1-4H3,(H,30,32)(H,31,33)/b28-20+,29-21+. The fourth-order valence-corrected chi connectivity index (χ4v) is 3.24. The van der Waals surface area contributed by atoms with Crippen LogP contribution in [0.4, 0.5) is 0 Å². The lowest BCUT2D eigenvalue weighted by Gasteiger charge is -2.05. The predicted molar refractivity (Wildman–Crippen MR) is 135 cm³/mol. The van der Waals surface area contributed by atoms with Gasteiger partial charge in [-0.1, -0.05) is 68.8 Å². The zero-order valence-corrected chi connectivity index (χ0v) is 20.3. The minimum Gasteiger partial charge on any atom is -0.273 e. The van der Waals surface area contributed by atoms with Crippen LogP contribution in [0.5, 0.6) is 0 Å². The predicted octanol–water partition coefficient (Wildman–Crippen LogP) is 5.14. The first-order valence-electron chi connectivity index (χ1n) is 11.8. The van der Waals surface area contributed by atoms with Crippen molar-refractivity contribution in [3.63, 3.8) is 0 Å². The summed E-state index contributed by atoms with van der Waals surface area (Å²) in [6.07, 6.45) is 4.99. The summed E-state index contributed by atoms with van der Waals surface area (Å²) < 4.78 is 0. The maximum Gasteiger partial charge on any atom is 0.240 e. The van der Waals surface area contributed by atoms with Crippen LogP contribution in [0.25, 0.3) is 0 Å². The lowest BCUT2D eigenvalue weighted by atomic mass is 10.1. The lowest BCUT2D eigenvalue weighted by molar-refractivity contribution is -0.121. The number of benzene rings is 2. The highest BCUT2D eigenvalue weighted by molar-refractivity contribution is 5.99. The monoisotopic (exact) mass is 448 g/mol. The van der Waals surface area contributed by atoms with Gasteiger partial charge in [-0.25, -0.2) is 10.9 Å². The second-order valence-electron chi connectivity index (χ2n) is 8.13. The van der Waals surface area contributed by atoms with E-state index in [1.54, 1.807) is 0 Å². The molecule has 0 aliphatic heterocycles. The Bertz CT molecular complexity index is 881. The highest BCUT2D eigenvalue weighted by atomic mass is 16.2. The number of rotatable bonds is 12. The number of nitrogens with zero attached hydrogens (tertiary/aromatic N) is 2. The Kier molecular flexibility index (Phi) is 11.0. The molecule has 2 N–H and O–H groups in total. The van der Waals surface area contributed by atoms with E-state index in [4.69, 9.17) is 0 Å². The van der Waals surface area contributed by atoms with Gasteiger partial charge in [-0.05, 0) is 61.8 Å². The first kappa shape index (κ1) is 26.0. The molecule has 0 bridgehead atoms. The van der Waals surface area contributed by atoms with E-state index in [1.807, 2.05) is 38.1 Å². The quantitative estimate of drug-likeness (QED) is 0.268. The topological polar surface area (TPSA) is 82.9 Å². The molecule has 0 aromatic heterocycles. The first-order chi connectivity index (χ1) is 15.9. The molecule has 0 saturated heterocycles. The number of amides is 2. The summed E-state index contributed by atoms with van der Waals surface area (Å²) in [6, 6.07) is 16.4. The summed E-state index contributed by atoms with van der Waals surface area (Å²) in [5.41, 5.74) is 11.3. The minimum absolute atomic E-state index is 0.113. The van der Waals surface area contributed by atoms with Gasteiger partial charge in [0.1, 0.15) is 0 Å². The van der Waals surface area contributed by atoms with Crippen molar-refractivity contribution in [2.75, 3.05) is 0 Å². The number of unbranched alkanes of at least 4 members (excludes halogenated alkanes) is 2.